The van der Waals surface area contributed by atoms with Crippen molar-refractivity contribution in [3.05, 3.63) is 11.7 Å². The molecule has 1 amide bonds. The SMILES string of the molecule is O=C(NC1CC1)c1noc(CCC2CCCNC2)n1. The average molecular weight is 264 g/mol. The molecule has 0 aromatic carbocycles. The predicted molar refractivity (Wildman–Crippen MR) is 68.7 cm³/mol. The molecule has 1 aromatic rings. The normalized spacial score (nSPS) is 23.3. The van der Waals surface area contributed by atoms with Crippen LogP contribution in [0.5, 0.6) is 0 Å². The molecule has 0 bridgehead atoms. The minimum Gasteiger partial charge on any atom is -0.346 e. The van der Waals surface area contributed by atoms with Gasteiger partial charge in [0.25, 0.3) is 11.7 Å². The molecule has 6 heteroatoms. The first-order valence-electron chi connectivity index (χ1n) is 7.15. The van der Waals surface area contributed by atoms with E-state index in [0.717, 1.165) is 38.8 Å². The Hall–Kier alpha value is -1.43. The molecule has 1 saturated heterocycles. The van der Waals surface area contributed by atoms with Crippen LogP contribution >= 0.6 is 0 Å². The molecular weight excluding hydrogens is 244 g/mol. The summed E-state index contributed by atoms with van der Waals surface area (Å²) < 4.78 is 5.14. The number of carbonyl (C=O) groups is 1. The maximum absolute atomic E-state index is 11.7. The van der Waals surface area contributed by atoms with Crippen LogP contribution in [0.4, 0.5) is 0 Å². The lowest BCUT2D eigenvalue weighted by Crippen LogP contribution is -2.30. The van der Waals surface area contributed by atoms with Gasteiger partial charge >= 0.3 is 0 Å². The van der Waals surface area contributed by atoms with Crippen molar-refractivity contribution in [1.82, 2.24) is 20.8 Å². The van der Waals surface area contributed by atoms with Crippen molar-refractivity contribution in [1.29, 1.82) is 0 Å². The lowest BCUT2D eigenvalue weighted by Gasteiger charge is -2.21. The summed E-state index contributed by atoms with van der Waals surface area (Å²) in [5.41, 5.74) is 0. The third-order valence-corrected chi connectivity index (χ3v) is 3.75. The zero-order valence-electron chi connectivity index (χ0n) is 11.0. The maximum atomic E-state index is 11.7. The van der Waals surface area contributed by atoms with Gasteiger partial charge in [-0.3, -0.25) is 4.79 Å². The van der Waals surface area contributed by atoms with E-state index in [2.05, 4.69) is 20.8 Å². The smallest absolute Gasteiger partial charge is 0.292 e. The molecule has 1 aliphatic heterocycles. The van der Waals surface area contributed by atoms with Crippen molar-refractivity contribution in [2.45, 2.75) is 44.6 Å². The van der Waals surface area contributed by atoms with E-state index in [9.17, 15) is 4.79 Å². The Labute approximate surface area is 112 Å². The van der Waals surface area contributed by atoms with Gasteiger partial charge in [-0.05, 0) is 51.1 Å². The van der Waals surface area contributed by atoms with Gasteiger partial charge in [-0.2, -0.15) is 4.98 Å². The molecule has 2 heterocycles. The highest BCUT2D eigenvalue weighted by Gasteiger charge is 2.26. The summed E-state index contributed by atoms with van der Waals surface area (Å²) >= 11 is 0. The van der Waals surface area contributed by atoms with E-state index in [-0.39, 0.29) is 11.7 Å². The molecule has 2 N–H and O–H groups in total. The second kappa shape index (κ2) is 5.69. The van der Waals surface area contributed by atoms with Gasteiger partial charge in [-0.25, -0.2) is 0 Å². The Morgan fingerprint density at radius 1 is 1.42 bits per heavy atom. The fraction of sp³-hybridized carbons (Fsp3) is 0.769. The van der Waals surface area contributed by atoms with Crippen molar-refractivity contribution < 1.29 is 9.32 Å². The van der Waals surface area contributed by atoms with Crippen molar-refractivity contribution in [2.75, 3.05) is 13.1 Å². The van der Waals surface area contributed by atoms with Crippen LogP contribution < -0.4 is 10.6 Å². The quantitative estimate of drug-likeness (QED) is 0.825. The van der Waals surface area contributed by atoms with E-state index in [0.29, 0.717) is 17.9 Å². The molecule has 1 atom stereocenters. The third-order valence-electron chi connectivity index (χ3n) is 3.75. The van der Waals surface area contributed by atoms with Crippen LogP contribution in [0, 0.1) is 5.92 Å². The minimum absolute atomic E-state index is 0.170. The summed E-state index contributed by atoms with van der Waals surface area (Å²) in [6, 6.07) is 0.322. The summed E-state index contributed by atoms with van der Waals surface area (Å²) in [7, 11) is 0. The monoisotopic (exact) mass is 264 g/mol. The zero-order chi connectivity index (χ0) is 13.1. The Bertz CT molecular complexity index is 436. The first kappa shape index (κ1) is 12.6. The number of carbonyl (C=O) groups excluding carboxylic acids is 1. The highest BCUT2D eigenvalue weighted by molar-refractivity contribution is 5.90. The number of hydrogen-bond donors (Lipinski definition) is 2. The first-order chi connectivity index (χ1) is 9.31. The minimum atomic E-state index is -0.211. The highest BCUT2D eigenvalue weighted by Crippen LogP contribution is 2.19. The molecule has 1 unspecified atom stereocenters. The molecule has 3 rings (SSSR count). The van der Waals surface area contributed by atoms with Crippen LogP contribution in [0.2, 0.25) is 0 Å². The highest BCUT2D eigenvalue weighted by atomic mass is 16.5. The standard InChI is InChI=1S/C13H20N4O2/c18-13(15-10-4-5-10)12-16-11(19-17-12)6-3-9-2-1-7-14-8-9/h9-10,14H,1-8H2,(H,15,18). The van der Waals surface area contributed by atoms with Crippen molar-refractivity contribution in [3.8, 4) is 0 Å². The summed E-state index contributed by atoms with van der Waals surface area (Å²) in [5.74, 6) is 1.22. The summed E-state index contributed by atoms with van der Waals surface area (Å²) in [6.45, 7) is 2.20. The topological polar surface area (TPSA) is 80.0 Å². The average Bonchev–Trinajstić information content (AvgIpc) is 3.12. The number of nitrogens with one attached hydrogen (secondary N) is 2. The second-order valence-electron chi connectivity index (χ2n) is 5.51. The lowest BCUT2D eigenvalue weighted by atomic mass is 9.95. The van der Waals surface area contributed by atoms with E-state index in [1.54, 1.807) is 0 Å². The van der Waals surface area contributed by atoms with Crippen LogP contribution in [0.1, 0.15) is 48.6 Å². The number of hydrogen-bond acceptors (Lipinski definition) is 5. The molecule has 0 spiro atoms. The van der Waals surface area contributed by atoms with Gasteiger partial charge in [-0.15, -0.1) is 0 Å². The molecule has 2 fully saturated rings. The molecule has 1 aliphatic carbocycles. The van der Waals surface area contributed by atoms with Crippen molar-refractivity contribution in [2.24, 2.45) is 5.92 Å². The van der Waals surface area contributed by atoms with E-state index in [1.807, 2.05) is 0 Å². The van der Waals surface area contributed by atoms with E-state index >= 15 is 0 Å². The number of aromatic nitrogens is 2. The first-order valence-corrected chi connectivity index (χ1v) is 7.15. The van der Waals surface area contributed by atoms with Crippen molar-refractivity contribution >= 4 is 5.91 Å². The number of nitrogens with zero attached hydrogens (tertiary/aromatic N) is 2. The Balaban J connectivity index is 1.48. The van der Waals surface area contributed by atoms with E-state index in [1.165, 1.54) is 12.8 Å². The zero-order valence-corrected chi connectivity index (χ0v) is 11.0. The van der Waals surface area contributed by atoms with Gasteiger partial charge in [0.1, 0.15) is 0 Å². The third kappa shape index (κ3) is 3.53. The molecule has 6 nitrogen and oxygen atoms in total. The Morgan fingerprint density at radius 3 is 3.05 bits per heavy atom. The molecule has 2 aliphatic rings. The van der Waals surface area contributed by atoms with E-state index < -0.39 is 0 Å². The fourth-order valence-corrected chi connectivity index (χ4v) is 2.42. The molecular formula is C13H20N4O2. The maximum Gasteiger partial charge on any atom is 0.292 e. The van der Waals surface area contributed by atoms with Gasteiger partial charge in [0.05, 0.1) is 0 Å². The van der Waals surface area contributed by atoms with Gasteiger partial charge in [0, 0.05) is 12.5 Å². The van der Waals surface area contributed by atoms with E-state index in [4.69, 9.17) is 4.52 Å². The van der Waals surface area contributed by atoms with Gasteiger partial charge in [0.2, 0.25) is 5.89 Å². The van der Waals surface area contributed by atoms with Crippen LogP contribution in [-0.2, 0) is 6.42 Å². The number of amides is 1. The lowest BCUT2D eigenvalue weighted by molar-refractivity contribution is 0.0937. The molecule has 1 saturated carbocycles. The summed E-state index contributed by atoms with van der Waals surface area (Å²) in [6.07, 6.45) is 6.42. The molecule has 0 radical (unpaired) electrons. The number of aryl methyl sites for hydroxylation is 1. The summed E-state index contributed by atoms with van der Waals surface area (Å²) in [5, 5.41) is 9.99. The Morgan fingerprint density at radius 2 is 2.32 bits per heavy atom. The van der Waals surface area contributed by atoms with Gasteiger partial charge < -0.3 is 15.2 Å². The van der Waals surface area contributed by atoms with Gasteiger partial charge in [0.15, 0.2) is 0 Å². The molecule has 19 heavy (non-hydrogen) atoms. The van der Waals surface area contributed by atoms with Crippen LogP contribution in [0.15, 0.2) is 4.52 Å². The van der Waals surface area contributed by atoms with Crippen LogP contribution in [-0.4, -0.2) is 35.2 Å². The predicted octanol–water partition coefficient (Wildman–Crippen LogP) is 0.894. The Kier molecular flexibility index (Phi) is 3.77. The van der Waals surface area contributed by atoms with Crippen LogP contribution in [0.3, 0.4) is 0 Å². The summed E-state index contributed by atoms with van der Waals surface area (Å²) in [4.78, 5) is 15.9. The van der Waals surface area contributed by atoms with Gasteiger partial charge in [-0.1, -0.05) is 5.16 Å². The molecule has 1 aromatic heterocycles. The fourth-order valence-electron chi connectivity index (χ4n) is 2.42. The molecule has 104 valence electrons. The number of piperidine rings is 1. The largest absolute Gasteiger partial charge is 0.346 e. The van der Waals surface area contributed by atoms with Crippen LogP contribution in [0.25, 0.3) is 0 Å². The second-order valence-corrected chi connectivity index (χ2v) is 5.51. The van der Waals surface area contributed by atoms with Crippen molar-refractivity contribution in [3.63, 3.8) is 0 Å². The number of rotatable bonds is 5.